The van der Waals surface area contributed by atoms with Crippen molar-refractivity contribution in [3.05, 3.63) is 0 Å². The summed E-state index contributed by atoms with van der Waals surface area (Å²) in [6, 6.07) is 0. The SMILES string of the molecule is CC(C)(C)OPC(=O)P. The molecule has 0 aromatic carbocycles. The van der Waals surface area contributed by atoms with Gasteiger partial charge in [0.2, 0.25) is 0 Å². The molecule has 4 heteroatoms. The number of rotatable bonds is 2. The number of carbonyl (C=O) groups excluding carboxylic acids is 1. The van der Waals surface area contributed by atoms with Gasteiger partial charge in [0, 0.05) is 0 Å². The molecule has 0 amide bonds. The third kappa shape index (κ3) is 8.49. The van der Waals surface area contributed by atoms with Gasteiger partial charge in [0.15, 0.2) is 5.27 Å². The molecule has 2 unspecified atom stereocenters. The van der Waals surface area contributed by atoms with E-state index >= 15 is 0 Å². The summed E-state index contributed by atoms with van der Waals surface area (Å²) in [6.45, 7) is 5.77. The summed E-state index contributed by atoms with van der Waals surface area (Å²) in [7, 11) is 2.05. The van der Waals surface area contributed by atoms with Crippen LogP contribution in [0.25, 0.3) is 0 Å². The Morgan fingerprint density at radius 2 is 2.00 bits per heavy atom. The van der Waals surface area contributed by atoms with Gasteiger partial charge in [-0.15, -0.1) is 0 Å². The van der Waals surface area contributed by atoms with E-state index in [0.717, 1.165) is 0 Å². The van der Waals surface area contributed by atoms with Gasteiger partial charge >= 0.3 is 0 Å². The zero-order valence-electron chi connectivity index (χ0n) is 5.89. The molecule has 2 nitrogen and oxygen atoms in total. The van der Waals surface area contributed by atoms with Crippen molar-refractivity contribution in [1.29, 1.82) is 0 Å². The van der Waals surface area contributed by atoms with Gasteiger partial charge in [-0.3, -0.25) is 4.79 Å². The molecule has 0 aromatic heterocycles. The largest absolute Gasteiger partial charge is 0.349 e. The molecule has 54 valence electrons. The molecule has 0 N–H and O–H groups in total. The second-order valence-corrected chi connectivity index (χ2v) is 4.68. The lowest BCUT2D eigenvalue weighted by atomic mass is 10.2. The van der Waals surface area contributed by atoms with E-state index < -0.39 is 0 Å². The Kier molecular flexibility index (Phi) is 3.80. The molecule has 0 radical (unpaired) electrons. The van der Waals surface area contributed by atoms with Crippen LogP contribution in [0.1, 0.15) is 20.8 Å². The summed E-state index contributed by atoms with van der Waals surface area (Å²) in [5.41, 5.74) is -0.190. The molecular weight excluding hydrogens is 154 g/mol. The van der Waals surface area contributed by atoms with Crippen LogP contribution >= 0.6 is 18.0 Å². The zero-order valence-corrected chi connectivity index (χ0v) is 8.05. The summed E-state index contributed by atoms with van der Waals surface area (Å²) in [4.78, 5) is 10.3. The molecule has 0 aliphatic carbocycles. The highest BCUT2D eigenvalue weighted by molar-refractivity contribution is 7.75. The van der Waals surface area contributed by atoms with Crippen LogP contribution in [0.4, 0.5) is 4.79 Å². The van der Waals surface area contributed by atoms with E-state index in [1.54, 1.807) is 0 Å². The first kappa shape index (κ1) is 9.49. The molecule has 0 spiro atoms. The molecule has 0 bridgehead atoms. The minimum atomic E-state index is -0.190. The predicted octanol–water partition coefficient (Wildman–Crippen LogP) is 2.39. The molecule has 0 aromatic rings. The first-order chi connectivity index (χ1) is 3.92. The predicted molar refractivity (Wildman–Crippen MR) is 44.3 cm³/mol. The number of hydrogen-bond acceptors (Lipinski definition) is 2. The van der Waals surface area contributed by atoms with Crippen molar-refractivity contribution in [2.24, 2.45) is 0 Å². The van der Waals surface area contributed by atoms with Crippen molar-refractivity contribution in [2.75, 3.05) is 0 Å². The van der Waals surface area contributed by atoms with Gasteiger partial charge in [-0.05, 0) is 20.8 Å². The summed E-state index contributed by atoms with van der Waals surface area (Å²) in [5.74, 6) is 0. The van der Waals surface area contributed by atoms with Crippen LogP contribution in [0.2, 0.25) is 0 Å². The van der Waals surface area contributed by atoms with Crippen LogP contribution in [0.15, 0.2) is 0 Å². The van der Waals surface area contributed by atoms with Crippen LogP contribution in [-0.2, 0) is 4.52 Å². The van der Waals surface area contributed by atoms with Crippen molar-refractivity contribution < 1.29 is 9.32 Å². The minimum Gasteiger partial charge on any atom is -0.349 e. The third-order valence-electron chi connectivity index (χ3n) is 0.458. The lowest BCUT2D eigenvalue weighted by Gasteiger charge is -2.17. The fourth-order valence-electron chi connectivity index (χ4n) is 0.203. The smallest absolute Gasteiger partial charge is 0.193 e. The molecule has 0 aliphatic rings. The van der Waals surface area contributed by atoms with E-state index in [-0.39, 0.29) is 19.7 Å². The van der Waals surface area contributed by atoms with E-state index in [1.165, 1.54) is 0 Å². The van der Waals surface area contributed by atoms with Gasteiger partial charge < -0.3 is 4.52 Å². The van der Waals surface area contributed by atoms with Gasteiger partial charge in [-0.1, -0.05) is 9.24 Å². The van der Waals surface area contributed by atoms with Gasteiger partial charge in [0.25, 0.3) is 0 Å². The average molecular weight is 166 g/mol. The second-order valence-electron chi connectivity index (χ2n) is 2.68. The second kappa shape index (κ2) is 3.61. The zero-order chi connectivity index (χ0) is 7.49. The molecule has 0 rings (SSSR count). The quantitative estimate of drug-likeness (QED) is 0.588. The van der Waals surface area contributed by atoms with Crippen LogP contribution in [0, 0.1) is 0 Å². The summed E-state index contributed by atoms with van der Waals surface area (Å²) in [5, 5.41) is 0.0184. The Morgan fingerprint density at radius 3 is 2.11 bits per heavy atom. The van der Waals surface area contributed by atoms with Crippen LogP contribution < -0.4 is 0 Å². The number of hydrogen-bond donors (Lipinski definition) is 0. The first-order valence-corrected chi connectivity index (χ1v) is 4.14. The highest BCUT2D eigenvalue weighted by atomic mass is 31.1. The Balaban J connectivity index is 3.39. The lowest BCUT2D eigenvalue weighted by Crippen LogP contribution is -2.14. The fourth-order valence-corrected chi connectivity index (χ4v) is 0.787. The van der Waals surface area contributed by atoms with E-state index in [4.69, 9.17) is 4.52 Å². The van der Waals surface area contributed by atoms with Crippen molar-refractivity contribution in [2.45, 2.75) is 26.4 Å². The van der Waals surface area contributed by atoms with Crippen molar-refractivity contribution >= 4 is 23.3 Å². The summed E-state index contributed by atoms with van der Waals surface area (Å²) < 4.78 is 5.15. The van der Waals surface area contributed by atoms with Gasteiger partial charge in [-0.2, -0.15) is 0 Å². The van der Waals surface area contributed by atoms with Crippen LogP contribution in [-0.4, -0.2) is 10.9 Å². The maximum Gasteiger partial charge on any atom is 0.193 e. The molecule has 0 saturated heterocycles. The average Bonchev–Trinajstić information content (AvgIpc) is 1.59. The number of carbonyl (C=O) groups is 1. The Hall–Kier alpha value is 0.490. The van der Waals surface area contributed by atoms with E-state index in [1.807, 2.05) is 20.8 Å². The highest BCUT2D eigenvalue weighted by Gasteiger charge is 2.10. The maximum atomic E-state index is 10.3. The van der Waals surface area contributed by atoms with Gasteiger partial charge in [0.1, 0.15) is 0 Å². The van der Waals surface area contributed by atoms with Crippen molar-refractivity contribution in [3.8, 4) is 0 Å². The fraction of sp³-hybridized carbons (Fsp3) is 0.800. The van der Waals surface area contributed by atoms with Crippen LogP contribution in [0.3, 0.4) is 0 Å². The van der Waals surface area contributed by atoms with Crippen molar-refractivity contribution in [3.63, 3.8) is 0 Å². The van der Waals surface area contributed by atoms with Gasteiger partial charge in [-0.25, -0.2) is 0 Å². The third-order valence-corrected chi connectivity index (χ3v) is 1.73. The van der Waals surface area contributed by atoms with E-state index in [2.05, 4.69) is 9.24 Å². The Labute approximate surface area is 59.8 Å². The van der Waals surface area contributed by atoms with Gasteiger partial charge in [0.05, 0.1) is 14.4 Å². The lowest BCUT2D eigenvalue weighted by molar-refractivity contribution is 0.158. The molecule has 0 saturated carbocycles. The summed E-state index contributed by atoms with van der Waals surface area (Å²) >= 11 is 0. The molecule has 0 fully saturated rings. The molecular formula is C5H12O2P2. The highest BCUT2D eigenvalue weighted by Crippen LogP contribution is 2.26. The standard InChI is InChI=1S/C5H12O2P2/c1-5(2,3)7-9-4(6)8/h9H,8H2,1-3H3. The monoisotopic (exact) mass is 166 g/mol. The topological polar surface area (TPSA) is 26.3 Å². The van der Waals surface area contributed by atoms with Crippen molar-refractivity contribution in [1.82, 2.24) is 0 Å². The first-order valence-electron chi connectivity index (χ1n) is 2.65. The minimum absolute atomic E-state index is 0.0184. The van der Waals surface area contributed by atoms with Crippen LogP contribution in [0.5, 0.6) is 0 Å². The molecule has 2 atom stereocenters. The molecule has 0 aliphatic heterocycles. The summed E-state index contributed by atoms with van der Waals surface area (Å²) in [6.07, 6.45) is 0. The normalized spacial score (nSPS) is 12.9. The molecule has 0 heterocycles. The van der Waals surface area contributed by atoms with E-state index in [0.29, 0.717) is 0 Å². The Morgan fingerprint density at radius 1 is 1.56 bits per heavy atom. The molecule has 9 heavy (non-hydrogen) atoms. The van der Waals surface area contributed by atoms with E-state index in [9.17, 15) is 4.79 Å². The Bertz CT molecular complexity index is 106. The maximum absolute atomic E-state index is 10.3.